The van der Waals surface area contributed by atoms with E-state index in [4.69, 9.17) is 0 Å². The standard InChI is InChI=1S/C13H19N3/c1-5-6-7-8-13(14-4)12-9-10(2)15-16-11(12)3/h9,13-14H,7-8H2,1-4H3. The highest BCUT2D eigenvalue weighted by Gasteiger charge is 2.12. The van der Waals surface area contributed by atoms with Gasteiger partial charge in [-0.05, 0) is 45.9 Å². The lowest BCUT2D eigenvalue weighted by Crippen LogP contribution is -2.18. The molecule has 3 nitrogen and oxygen atoms in total. The van der Waals surface area contributed by atoms with Crippen molar-refractivity contribution in [2.75, 3.05) is 7.05 Å². The Morgan fingerprint density at radius 1 is 1.38 bits per heavy atom. The van der Waals surface area contributed by atoms with Gasteiger partial charge in [0.1, 0.15) is 0 Å². The van der Waals surface area contributed by atoms with E-state index < -0.39 is 0 Å². The molecule has 0 saturated carbocycles. The van der Waals surface area contributed by atoms with E-state index in [9.17, 15) is 0 Å². The van der Waals surface area contributed by atoms with E-state index in [1.807, 2.05) is 27.8 Å². The average Bonchev–Trinajstić information content (AvgIpc) is 2.28. The summed E-state index contributed by atoms with van der Waals surface area (Å²) < 4.78 is 0. The molecule has 86 valence electrons. The fourth-order valence-corrected chi connectivity index (χ4v) is 1.72. The molecule has 1 rings (SSSR count). The largest absolute Gasteiger partial charge is 0.313 e. The first-order valence-electron chi connectivity index (χ1n) is 5.56. The van der Waals surface area contributed by atoms with Gasteiger partial charge in [0.25, 0.3) is 0 Å². The van der Waals surface area contributed by atoms with Gasteiger partial charge in [-0.2, -0.15) is 10.2 Å². The molecule has 0 bridgehead atoms. The quantitative estimate of drug-likeness (QED) is 0.785. The van der Waals surface area contributed by atoms with E-state index in [0.29, 0.717) is 6.04 Å². The van der Waals surface area contributed by atoms with Crippen LogP contribution in [0.4, 0.5) is 0 Å². The first-order chi connectivity index (χ1) is 7.69. The number of hydrogen-bond acceptors (Lipinski definition) is 3. The fraction of sp³-hybridized carbons (Fsp3) is 0.538. The van der Waals surface area contributed by atoms with Crippen molar-refractivity contribution in [3.63, 3.8) is 0 Å². The highest BCUT2D eigenvalue weighted by molar-refractivity contribution is 5.23. The molecule has 1 aromatic rings. The third kappa shape index (κ3) is 3.32. The summed E-state index contributed by atoms with van der Waals surface area (Å²) in [5, 5.41) is 11.5. The molecular weight excluding hydrogens is 198 g/mol. The maximum Gasteiger partial charge on any atom is 0.0648 e. The van der Waals surface area contributed by atoms with Crippen molar-refractivity contribution in [1.82, 2.24) is 15.5 Å². The first-order valence-corrected chi connectivity index (χ1v) is 5.56. The fourth-order valence-electron chi connectivity index (χ4n) is 1.72. The molecule has 1 N–H and O–H groups in total. The molecule has 0 radical (unpaired) electrons. The van der Waals surface area contributed by atoms with E-state index in [2.05, 4.69) is 33.4 Å². The van der Waals surface area contributed by atoms with Crippen molar-refractivity contribution in [2.45, 2.75) is 39.7 Å². The van der Waals surface area contributed by atoms with Crippen LogP contribution in [-0.4, -0.2) is 17.2 Å². The van der Waals surface area contributed by atoms with Crippen LogP contribution in [0.5, 0.6) is 0 Å². The molecule has 0 fully saturated rings. The molecular formula is C13H19N3. The van der Waals surface area contributed by atoms with Crippen LogP contribution >= 0.6 is 0 Å². The summed E-state index contributed by atoms with van der Waals surface area (Å²) in [5.41, 5.74) is 3.18. The van der Waals surface area contributed by atoms with Gasteiger partial charge in [0, 0.05) is 12.5 Å². The zero-order valence-corrected chi connectivity index (χ0v) is 10.5. The molecule has 0 aliphatic carbocycles. The summed E-state index contributed by atoms with van der Waals surface area (Å²) in [6.45, 7) is 5.84. The van der Waals surface area contributed by atoms with Crippen LogP contribution in [0.3, 0.4) is 0 Å². The van der Waals surface area contributed by atoms with Crippen molar-refractivity contribution < 1.29 is 0 Å². The van der Waals surface area contributed by atoms with Crippen molar-refractivity contribution in [3.05, 3.63) is 23.0 Å². The normalized spacial score (nSPS) is 11.8. The molecule has 1 atom stereocenters. The van der Waals surface area contributed by atoms with E-state index in [1.165, 1.54) is 5.56 Å². The second-order valence-electron chi connectivity index (χ2n) is 3.83. The van der Waals surface area contributed by atoms with Gasteiger partial charge >= 0.3 is 0 Å². The van der Waals surface area contributed by atoms with Crippen molar-refractivity contribution in [2.24, 2.45) is 0 Å². The maximum absolute atomic E-state index is 4.15. The Balaban J connectivity index is 2.84. The molecule has 1 aromatic heterocycles. The Kier molecular flexibility index (Phi) is 4.94. The van der Waals surface area contributed by atoms with Gasteiger partial charge in [-0.15, -0.1) is 11.8 Å². The van der Waals surface area contributed by atoms with Crippen LogP contribution in [-0.2, 0) is 0 Å². The van der Waals surface area contributed by atoms with Crippen LogP contribution in [0, 0.1) is 25.7 Å². The van der Waals surface area contributed by atoms with Gasteiger partial charge in [-0.3, -0.25) is 0 Å². The minimum absolute atomic E-state index is 0.315. The lowest BCUT2D eigenvalue weighted by Gasteiger charge is -2.17. The Labute approximate surface area is 97.7 Å². The second kappa shape index (κ2) is 6.24. The zero-order chi connectivity index (χ0) is 12.0. The highest BCUT2D eigenvalue weighted by atomic mass is 15.1. The second-order valence-corrected chi connectivity index (χ2v) is 3.83. The zero-order valence-electron chi connectivity index (χ0n) is 10.5. The monoisotopic (exact) mass is 217 g/mol. The number of aromatic nitrogens is 2. The highest BCUT2D eigenvalue weighted by Crippen LogP contribution is 2.20. The topological polar surface area (TPSA) is 37.8 Å². The molecule has 0 aliphatic rings. The maximum atomic E-state index is 4.15. The smallest absolute Gasteiger partial charge is 0.0648 e. The van der Waals surface area contributed by atoms with Crippen molar-refractivity contribution in [1.29, 1.82) is 0 Å². The third-order valence-electron chi connectivity index (χ3n) is 2.60. The van der Waals surface area contributed by atoms with Gasteiger partial charge in [-0.25, -0.2) is 0 Å². The summed E-state index contributed by atoms with van der Waals surface area (Å²) in [6.07, 6.45) is 1.91. The van der Waals surface area contributed by atoms with E-state index in [-0.39, 0.29) is 0 Å². The van der Waals surface area contributed by atoms with Gasteiger partial charge in [-0.1, -0.05) is 0 Å². The molecule has 1 unspecified atom stereocenters. The van der Waals surface area contributed by atoms with Gasteiger partial charge in [0.05, 0.1) is 11.4 Å². The van der Waals surface area contributed by atoms with Crippen LogP contribution in [0.2, 0.25) is 0 Å². The number of rotatable bonds is 4. The van der Waals surface area contributed by atoms with Crippen LogP contribution in [0.15, 0.2) is 6.07 Å². The molecule has 16 heavy (non-hydrogen) atoms. The minimum atomic E-state index is 0.315. The third-order valence-corrected chi connectivity index (χ3v) is 2.60. The predicted molar refractivity (Wildman–Crippen MR) is 66.0 cm³/mol. The molecule has 1 heterocycles. The lowest BCUT2D eigenvalue weighted by atomic mass is 10.0. The van der Waals surface area contributed by atoms with Crippen molar-refractivity contribution in [3.8, 4) is 11.8 Å². The molecule has 0 spiro atoms. The van der Waals surface area contributed by atoms with E-state index in [1.54, 1.807) is 0 Å². The molecule has 0 amide bonds. The molecule has 0 saturated heterocycles. The average molecular weight is 217 g/mol. The number of aryl methyl sites for hydroxylation is 2. The lowest BCUT2D eigenvalue weighted by molar-refractivity contribution is 0.550. The Morgan fingerprint density at radius 3 is 2.75 bits per heavy atom. The van der Waals surface area contributed by atoms with Crippen LogP contribution < -0.4 is 5.32 Å². The Morgan fingerprint density at radius 2 is 2.12 bits per heavy atom. The van der Waals surface area contributed by atoms with Gasteiger partial charge < -0.3 is 5.32 Å². The van der Waals surface area contributed by atoms with E-state index >= 15 is 0 Å². The SMILES string of the molecule is CC#CCCC(NC)c1cc(C)nnc1C. The number of nitrogens with one attached hydrogen (secondary N) is 1. The van der Waals surface area contributed by atoms with Crippen LogP contribution in [0.25, 0.3) is 0 Å². The summed E-state index contributed by atoms with van der Waals surface area (Å²) >= 11 is 0. The Hall–Kier alpha value is -1.40. The van der Waals surface area contributed by atoms with E-state index in [0.717, 1.165) is 24.2 Å². The molecule has 0 aliphatic heterocycles. The summed E-state index contributed by atoms with van der Waals surface area (Å²) in [4.78, 5) is 0. The van der Waals surface area contributed by atoms with Gasteiger partial charge in [0.15, 0.2) is 0 Å². The molecule has 3 heteroatoms. The Bertz CT molecular complexity index is 401. The summed E-state index contributed by atoms with van der Waals surface area (Å²) in [5.74, 6) is 6.01. The molecule has 0 aromatic carbocycles. The van der Waals surface area contributed by atoms with Gasteiger partial charge in [0.2, 0.25) is 0 Å². The number of nitrogens with zero attached hydrogens (tertiary/aromatic N) is 2. The predicted octanol–water partition coefficient (Wildman–Crippen LogP) is 2.16. The summed E-state index contributed by atoms with van der Waals surface area (Å²) in [7, 11) is 1.97. The first kappa shape index (κ1) is 12.7. The summed E-state index contributed by atoms with van der Waals surface area (Å²) in [6, 6.07) is 2.41. The minimum Gasteiger partial charge on any atom is -0.313 e. The van der Waals surface area contributed by atoms with Crippen LogP contribution in [0.1, 0.15) is 42.8 Å². The van der Waals surface area contributed by atoms with Crippen molar-refractivity contribution >= 4 is 0 Å². The number of hydrogen-bond donors (Lipinski definition) is 1.